The lowest BCUT2D eigenvalue weighted by atomic mass is 9.93. The second kappa shape index (κ2) is 6.87. The van der Waals surface area contributed by atoms with Crippen molar-refractivity contribution in [2.45, 2.75) is 18.9 Å². The molecule has 0 aliphatic carbocycles. The zero-order valence-electron chi connectivity index (χ0n) is 11.1. The minimum Gasteiger partial charge on any atom is -0.480 e. The maximum Gasteiger partial charge on any atom is 0.326 e. The van der Waals surface area contributed by atoms with Gasteiger partial charge in [-0.25, -0.2) is 9.18 Å². The van der Waals surface area contributed by atoms with Crippen LogP contribution < -0.4 is 5.32 Å². The monoisotopic (exact) mass is 315 g/mol. The highest BCUT2D eigenvalue weighted by Crippen LogP contribution is 2.19. The second-order valence-corrected chi connectivity index (χ2v) is 5.30. The summed E-state index contributed by atoms with van der Waals surface area (Å²) in [5.74, 6) is -2.80. The molecule has 1 fully saturated rings. The molecule has 2 N–H and O–H groups in total. The van der Waals surface area contributed by atoms with Gasteiger partial charge >= 0.3 is 5.97 Å². The van der Waals surface area contributed by atoms with Gasteiger partial charge in [0.05, 0.1) is 11.6 Å². The number of nitrogens with one attached hydrogen (secondary N) is 1. The number of amides is 1. The van der Waals surface area contributed by atoms with Gasteiger partial charge in [0, 0.05) is 18.1 Å². The average Bonchev–Trinajstić information content (AvgIpc) is 2.48. The van der Waals surface area contributed by atoms with Gasteiger partial charge in [0.25, 0.3) is 5.91 Å². The summed E-state index contributed by atoms with van der Waals surface area (Å²) in [5.41, 5.74) is 0.0277. The summed E-state index contributed by atoms with van der Waals surface area (Å²) in [5, 5.41) is 11.6. The smallest absolute Gasteiger partial charge is 0.326 e. The van der Waals surface area contributed by atoms with E-state index in [1.54, 1.807) is 0 Å². The van der Waals surface area contributed by atoms with Crippen LogP contribution in [0.25, 0.3) is 0 Å². The van der Waals surface area contributed by atoms with Gasteiger partial charge in [-0.15, -0.1) is 0 Å². The summed E-state index contributed by atoms with van der Waals surface area (Å²) < 4.78 is 18.6. The summed E-state index contributed by atoms with van der Waals surface area (Å²) in [7, 11) is 0. The van der Waals surface area contributed by atoms with Gasteiger partial charge in [-0.3, -0.25) is 4.79 Å². The third-order valence-electron chi connectivity index (χ3n) is 3.40. The Morgan fingerprint density at radius 2 is 2.24 bits per heavy atom. The Kier molecular flexibility index (Phi) is 5.14. The largest absolute Gasteiger partial charge is 0.480 e. The highest BCUT2D eigenvalue weighted by molar-refractivity contribution is 6.30. The molecule has 1 aromatic rings. The molecule has 0 aromatic heterocycles. The first-order chi connectivity index (χ1) is 9.99. The first-order valence-electron chi connectivity index (χ1n) is 6.55. The van der Waals surface area contributed by atoms with Crippen molar-refractivity contribution in [3.63, 3.8) is 0 Å². The minimum atomic E-state index is -1.13. The number of rotatable bonds is 4. The van der Waals surface area contributed by atoms with E-state index in [0.717, 1.165) is 12.5 Å². The van der Waals surface area contributed by atoms with E-state index in [4.69, 9.17) is 16.3 Å². The van der Waals surface area contributed by atoms with E-state index in [2.05, 4.69) is 5.32 Å². The van der Waals surface area contributed by atoms with E-state index >= 15 is 0 Å². The molecular weight excluding hydrogens is 301 g/mol. The molecule has 1 aliphatic rings. The zero-order chi connectivity index (χ0) is 15.4. The molecule has 1 aliphatic heterocycles. The number of carbonyl (C=O) groups is 2. The number of carboxylic acids is 1. The number of hydrogen-bond donors (Lipinski definition) is 2. The maximum atomic E-state index is 13.3. The van der Waals surface area contributed by atoms with Crippen molar-refractivity contribution >= 4 is 23.5 Å². The topological polar surface area (TPSA) is 75.6 Å². The van der Waals surface area contributed by atoms with Crippen molar-refractivity contribution in [3.05, 3.63) is 34.6 Å². The van der Waals surface area contributed by atoms with Crippen LogP contribution in [0.3, 0.4) is 0 Å². The number of benzene rings is 1. The van der Waals surface area contributed by atoms with Crippen LogP contribution in [0.15, 0.2) is 18.2 Å². The summed E-state index contributed by atoms with van der Waals surface area (Å²) in [6.45, 7) is 0.880. The molecule has 1 heterocycles. The molecule has 2 unspecified atom stereocenters. The molecule has 2 atom stereocenters. The zero-order valence-corrected chi connectivity index (χ0v) is 11.9. The molecule has 5 nitrogen and oxygen atoms in total. The molecule has 0 spiro atoms. The molecule has 1 aromatic carbocycles. The van der Waals surface area contributed by atoms with Gasteiger partial charge in [0.15, 0.2) is 0 Å². The fourth-order valence-electron chi connectivity index (χ4n) is 2.27. The van der Waals surface area contributed by atoms with Gasteiger partial charge in [-0.2, -0.15) is 0 Å². The van der Waals surface area contributed by atoms with Crippen molar-refractivity contribution in [1.29, 1.82) is 0 Å². The third kappa shape index (κ3) is 3.92. The highest BCUT2D eigenvalue weighted by atomic mass is 35.5. The summed E-state index contributed by atoms with van der Waals surface area (Å²) in [4.78, 5) is 23.4. The first kappa shape index (κ1) is 15.7. The Morgan fingerprint density at radius 3 is 2.81 bits per heavy atom. The predicted octanol–water partition coefficient (Wildman–Crippen LogP) is 2.09. The molecule has 7 heteroatoms. The first-order valence-corrected chi connectivity index (χ1v) is 6.93. The number of ether oxygens (including phenoxy) is 1. The highest BCUT2D eigenvalue weighted by Gasteiger charge is 2.31. The van der Waals surface area contributed by atoms with Crippen LogP contribution in [0, 0.1) is 11.7 Å². The summed E-state index contributed by atoms with van der Waals surface area (Å²) in [6.07, 6.45) is 1.41. The van der Waals surface area contributed by atoms with Crippen molar-refractivity contribution < 1.29 is 23.8 Å². The van der Waals surface area contributed by atoms with Crippen LogP contribution in [0.5, 0.6) is 0 Å². The third-order valence-corrected chi connectivity index (χ3v) is 3.71. The Hall–Kier alpha value is -1.66. The van der Waals surface area contributed by atoms with E-state index in [9.17, 15) is 19.1 Å². The molecule has 1 amide bonds. The normalized spacial score (nSPS) is 19.8. The number of carbonyl (C=O) groups excluding carboxylic acids is 1. The van der Waals surface area contributed by atoms with Crippen molar-refractivity contribution in [2.24, 2.45) is 5.92 Å². The molecule has 114 valence electrons. The minimum absolute atomic E-state index is 0.0277. The molecule has 21 heavy (non-hydrogen) atoms. The lowest BCUT2D eigenvalue weighted by Gasteiger charge is -2.28. The van der Waals surface area contributed by atoms with Gasteiger partial charge in [0.1, 0.15) is 11.9 Å². The van der Waals surface area contributed by atoms with Crippen LogP contribution in [-0.4, -0.2) is 36.2 Å². The summed E-state index contributed by atoms with van der Waals surface area (Å²) >= 11 is 5.55. The molecule has 0 bridgehead atoms. The lowest BCUT2D eigenvalue weighted by Crippen LogP contribution is -2.48. The van der Waals surface area contributed by atoms with E-state index in [1.165, 1.54) is 12.1 Å². The van der Waals surface area contributed by atoms with Crippen LogP contribution in [-0.2, 0) is 9.53 Å². The second-order valence-electron chi connectivity index (χ2n) is 4.90. The number of carboxylic acid groups (broad SMARTS) is 1. The lowest BCUT2D eigenvalue weighted by molar-refractivity contribution is -0.142. The molecule has 0 radical (unpaired) electrons. The van der Waals surface area contributed by atoms with Gasteiger partial charge in [-0.1, -0.05) is 11.6 Å². The maximum absolute atomic E-state index is 13.3. The van der Waals surface area contributed by atoms with E-state index < -0.39 is 23.7 Å². The predicted molar refractivity (Wildman–Crippen MR) is 73.8 cm³/mol. The number of hydrogen-bond acceptors (Lipinski definition) is 3. The fraction of sp³-hybridized carbons (Fsp3) is 0.429. The van der Waals surface area contributed by atoms with Crippen molar-refractivity contribution in [3.8, 4) is 0 Å². The summed E-state index contributed by atoms with van der Waals surface area (Å²) in [6, 6.07) is 2.52. The van der Waals surface area contributed by atoms with Crippen LogP contribution in [0.1, 0.15) is 23.2 Å². The average molecular weight is 316 g/mol. The number of halogens is 2. The van der Waals surface area contributed by atoms with E-state index in [-0.39, 0.29) is 23.1 Å². The Labute approximate surface area is 126 Å². The number of aliphatic carboxylic acids is 1. The Morgan fingerprint density at radius 1 is 1.48 bits per heavy atom. The Balaban J connectivity index is 2.10. The molecule has 2 rings (SSSR count). The van der Waals surface area contributed by atoms with Crippen molar-refractivity contribution in [1.82, 2.24) is 5.32 Å². The van der Waals surface area contributed by atoms with Crippen LogP contribution in [0.4, 0.5) is 4.39 Å². The molecule has 1 saturated heterocycles. The van der Waals surface area contributed by atoms with Crippen molar-refractivity contribution in [2.75, 3.05) is 13.2 Å². The SMILES string of the molecule is O=C(NC(C(=O)O)C1CCCOC1)c1ccc(Cl)c(F)c1. The van der Waals surface area contributed by atoms with Gasteiger partial charge in [-0.05, 0) is 31.0 Å². The standard InChI is InChI=1S/C14H15ClFNO4/c15-10-4-3-8(6-11(10)16)13(18)17-12(14(19)20)9-2-1-5-21-7-9/h3-4,6,9,12H,1-2,5,7H2,(H,17,18)(H,19,20). The van der Waals surface area contributed by atoms with Crippen LogP contribution in [0.2, 0.25) is 5.02 Å². The molecule has 0 saturated carbocycles. The quantitative estimate of drug-likeness (QED) is 0.892. The van der Waals surface area contributed by atoms with Crippen LogP contribution >= 0.6 is 11.6 Å². The van der Waals surface area contributed by atoms with E-state index in [0.29, 0.717) is 13.0 Å². The van der Waals surface area contributed by atoms with Gasteiger partial charge in [0.2, 0.25) is 0 Å². The fourth-order valence-corrected chi connectivity index (χ4v) is 2.39. The molecular formula is C14H15ClFNO4. The Bertz CT molecular complexity index is 546. The van der Waals surface area contributed by atoms with E-state index in [1.807, 2.05) is 0 Å². The van der Waals surface area contributed by atoms with Gasteiger partial charge < -0.3 is 15.2 Å².